The van der Waals surface area contributed by atoms with E-state index in [-0.39, 0.29) is 24.0 Å². The van der Waals surface area contributed by atoms with Crippen molar-refractivity contribution < 1.29 is 9.47 Å². The Morgan fingerprint density at radius 2 is 2.00 bits per heavy atom. The van der Waals surface area contributed by atoms with Crippen LogP contribution >= 0.6 is 39.9 Å². The number of hydrogen-bond acceptors (Lipinski definition) is 3. The van der Waals surface area contributed by atoms with Gasteiger partial charge >= 0.3 is 0 Å². The van der Waals surface area contributed by atoms with Gasteiger partial charge in [0.2, 0.25) is 0 Å². The van der Waals surface area contributed by atoms with Gasteiger partial charge < -0.3 is 19.7 Å². The summed E-state index contributed by atoms with van der Waals surface area (Å²) in [5.74, 6) is 0.883. The summed E-state index contributed by atoms with van der Waals surface area (Å²) in [6, 6.07) is 8.22. The third-order valence-electron chi connectivity index (χ3n) is 2.99. The van der Waals surface area contributed by atoms with Crippen LogP contribution in [0.25, 0.3) is 0 Å². The highest BCUT2D eigenvalue weighted by Gasteiger charge is 2.08. The maximum Gasteiger partial charge on any atom is 0.194 e. The minimum atomic E-state index is 0. The lowest BCUT2D eigenvalue weighted by atomic mass is 10.2. The maximum atomic E-state index is 5.43. The van der Waals surface area contributed by atoms with E-state index in [1.807, 2.05) is 19.2 Å². The number of hydrogen-bond donors (Lipinski definition) is 1. The van der Waals surface area contributed by atoms with Crippen LogP contribution in [0.3, 0.4) is 0 Å². The van der Waals surface area contributed by atoms with Crippen LogP contribution in [-0.4, -0.2) is 57.9 Å². The van der Waals surface area contributed by atoms with E-state index >= 15 is 0 Å². The molecule has 0 aliphatic carbocycles. The molecular weight excluding hydrogens is 473 g/mol. The van der Waals surface area contributed by atoms with Gasteiger partial charge in [0.15, 0.2) is 5.96 Å². The second-order valence-corrected chi connectivity index (χ2v) is 5.64. The Morgan fingerprint density at radius 3 is 2.65 bits per heavy atom. The van der Waals surface area contributed by atoms with Gasteiger partial charge in [-0.3, -0.25) is 4.99 Å². The van der Waals surface area contributed by atoms with E-state index in [0.717, 1.165) is 23.5 Å². The second-order valence-electron chi connectivity index (χ2n) is 4.79. The number of benzene rings is 1. The monoisotopic (exact) mass is 499 g/mol. The van der Waals surface area contributed by atoms with Gasteiger partial charge in [0.25, 0.3) is 0 Å². The number of aliphatic imine (C=N–C) groups is 1. The Bertz CT molecular complexity index is 461. The molecule has 0 radical (unpaired) electrons. The lowest BCUT2D eigenvalue weighted by Gasteiger charge is -2.22. The van der Waals surface area contributed by atoms with Crippen molar-refractivity contribution in [2.45, 2.75) is 13.5 Å². The summed E-state index contributed by atoms with van der Waals surface area (Å²) >= 11 is 3.58. The lowest BCUT2D eigenvalue weighted by Crippen LogP contribution is -2.38. The Morgan fingerprint density at radius 1 is 1.26 bits per heavy atom. The van der Waals surface area contributed by atoms with Crippen LogP contribution in [0.15, 0.2) is 33.7 Å². The fraction of sp³-hybridized carbons (Fsp3) is 0.562. The first-order chi connectivity index (χ1) is 10.7. The first-order valence-electron chi connectivity index (χ1n) is 7.48. The number of guanidine groups is 1. The van der Waals surface area contributed by atoms with Gasteiger partial charge in [-0.25, -0.2) is 0 Å². The third-order valence-corrected chi connectivity index (χ3v) is 3.76. The van der Waals surface area contributed by atoms with E-state index in [0.29, 0.717) is 26.4 Å². The summed E-state index contributed by atoms with van der Waals surface area (Å²) in [5, 5.41) is 3.30. The largest absolute Gasteiger partial charge is 0.382 e. The SMILES string of the molecule is CCNC(=NCCOCCOC)N(C)Cc1ccccc1Br.I. The van der Waals surface area contributed by atoms with Crippen LogP contribution in [0.1, 0.15) is 12.5 Å². The molecule has 5 nitrogen and oxygen atoms in total. The highest BCUT2D eigenvalue weighted by Crippen LogP contribution is 2.17. The van der Waals surface area contributed by atoms with Crippen molar-refractivity contribution in [3.8, 4) is 0 Å². The molecule has 0 atom stereocenters. The molecule has 0 bridgehead atoms. The number of halogens is 2. The molecule has 132 valence electrons. The fourth-order valence-electron chi connectivity index (χ4n) is 1.89. The van der Waals surface area contributed by atoms with Crippen LogP contribution in [-0.2, 0) is 16.0 Å². The van der Waals surface area contributed by atoms with Crippen molar-refractivity contribution in [1.82, 2.24) is 10.2 Å². The summed E-state index contributed by atoms with van der Waals surface area (Å²) in [5.41, 5.74) is 1.23. The predicted molar refractivity (Wildman–Crippen MR) is 110 cm³/mol. The van der Waals surface area contributed by atoms with E-state index in [1.54, 1.807) is 7.11 Å². The van der Waals surface area contributed by atoms with Crippen molar-refractivity contribution in [2.75, 3.05) is 47.1 Å². The van der Waals surface area contributed by atoms with E-state index in [9.17, 15) is 0 Å². The van der Waals surface area contributed by atoms with Crippen molar-refractivity contribution in [3.05, 3.63) is 34.3 Å². The lowest BCUT2D eigenvalue weighted by molar-refractivity contribution is 0.0747. The molecule has 0 aromatic heterocycles. The van der Waals surface area contributed by atoms with E-state index in [2.05, 4.69) is 50.2 Å². The summed E-state index contributed by atoms with van der Waals surface area (Å²) in [7, 11) is 3.70. The van der Waals surface area contributed by atoms with Gasteiger partial charge in [0.05, 0.1) is 26.4 Å². The fourth-order valence-corrected chi connectivity index (χ4v) is 2.30. The molecule has 23 heavy (non-hydrogen) atoms. The van der Waals surface area contributed by atoms with Gasteiger partial charge in [-0.1, -0.05) is 34.1 Å². The van der Waals surface area contributed by atoms with Crippen molar-refractivity contribution in [2.24, 2.45) is 4.99 Å². The van der Waals surface area contributed by atoms with Gasteiger partial charge in [0.1, 0.15) is 0 Å². The Balaban J connectivity index is 0.00000484. The molecular formula is C16H27BrIN3O2. The molecule has 1 N–H and O–H groups in total. The zero-order chi connectivity index (χ0) is 16.2. The standard InChI is InChI=1S/C16H26BrN3O2.HI/c1-4-18-16(19-9-10-22-12-11-21-3)20(2)13-14-7-5-6-8-15(14)17;/h5-8H,4,9-13H2,1-3H3,(H,18,19);1H. The number of rotatable bonds is 9. The van der Waals surface area contributed by atoms with Crippen LogP contribution in [0, 0.1) is 0 Å². The number of nitrogens with zero attached hydrogens (tertiary/aromatic N) is 2. The minimum Gasteiger partial charge on any atom is -0.382 e. The molecule has 1 aromatic rings. The van der Waals surface area contributed by atoms with Crippen LogP contribution < -0.4 is 5.32 Å². The normalized spacial score (nSPS) is 11.0. The first kappa shape index (κ1) is 22.6. The number of methoxy groups -OCH3 is 1. The molecule has 0 saturated carbocycles. The van der Waals surface area contributed by atoms with Crippen LogP contribution in [0.5, 0.6) is 0 Å². The minimum absolute atomic E-state index is 0. The Labute approximate surface area is 165 Å². The molecule has 0 aliphatic rings. The third kappa shape index (κ3) is 9.49. The maximum absolute atomic E-state index is 5.43. The number of nitrogens with one attached hydrogen (secondary N) is 1. The molecule has 1 aromatic carbocycles. The average molecular weight is 500 g/mol. The zero-order valence-corrected chi connectivity index (χ0v) is 18.0. The van der Waals surface area contributed by atoms with Gasteiger partial charge in [-0.2, -0.15) is 0 Å². The predicted octanol–water partition coefficient (Wildman–Crippen LogP) is 3.13. The van der Waals surface area contributed by atoms with Crippen LogP contribution in [0.4, 0.5) is 0 Å². The number of ether oxygens (including phenoxy) is 2. The van der Waals surface area contributed by atoms with Crippen molar-refractivity contribution in [1.29, 1.82) is 0 Å². The van der Waals surface area contributed by atoms with E-state index in [4.69, 9.17) is 9.47 Å². The summed E-state index contributed by atoms with van der Waals surface area (Å²) in [6.07, 6.45) is 0. The highest BCUT2D eigenvalue weighted by molar-refractivity contribution is 14.0. The van der Waals surface area contributed by atoms with Crippen molar-refractivity contribution >= 4 is 45.9 Å². The molecule has 0 fully saturated rings. The summed E-state index contributed by atoms with van der Waals surface area (Å²) < 4.78 is 11.5. The molecule has 0 heterocycles. The Kier molecular flexibility index (Phi) is 13.8. The molecule has 0 amide bonds. The second kappa shape index (κ2) is 14.0. The Hall–Kier alpha value is -0.380. The van der Waals surface area contributed by atoms with E-state index < -0.39 is 0 Å². The molecule has 7 heteroatoms. The molecule has 1 rings (SSSR count). The quantitative estimate of drug-likeness (QED) is 0.245. The van der Waals surface area contributed by atoms with Crippen molar-refractivity contribution in [3.63, 3.8) is 0 Å². The molecule has 0 spiro atoms. The summed E-state index contributed by atoms with van der Waals surface area (Å²) in [4.78, 5) is 6.70. The zero-order valence-electron chi connectivity index (χ0n) is 14.0. The van der Waals surface area contributed by atoms with E-state index in [1.165, 1.54) is 5.56 Å². The van der Waals surface area contributed by atoms with Gasteiger partial charge in [0, 0.05) is 31.7 Å². The first-order valence-corrected chi connectivity index (χ1v) is 8.27. The molecule has 0 aliphatic heterocycles. The average Bonchev–Trinajstić information content (AvgIpc) is 2.51. The topological polar surface area (TPSA) is 46.1 Å². The summed E-state index contributed by atoms with van der Waals surface area (Å²) in [6.45, 7) is 6.15. The van der Waals surface area contributed by atoms with Gasteiger partial charge in [-0.05, 0) is 18.6 Å². The smallest absolute Gasteiger partial charge is 0.194 e. The highest BCUT2D eigenvalue weighted by atomic mass is 127. The van der Waals surface area contributed by atoms with Gasteiger partial charge in [-0.15, -0.1) is 24.0 Å². The molecule has 0 unspecified atom stereocenters. The molecule has 0 saturated heterocycles. The van der Waals surface area contributed by atoms with Crippen LogP contribution in [0.2, 0.25) is 0 Å².